The molecule has 9 amide bonds. The fourth-order valence-corrected chi connectivity index (χ4v) is 9.35. The van der Waals surface area contributed by atoms with E-state index in [9.17, 15) is 48.3 Å². The second-order valence-electron chi connectivity index (χ2n) is 16.6. The SMILES string of the molecule is NC(N)=NCCC[C@@H]1NC(=O)[C@H](CCCCNC(=O)CCCCCNC(=O)CCCC[C@@H]2SC[C@@H]3NC(=O)N[C@@H]32)NC(=O)[C@@H](Cc2ccccc2)NC(=O)[C@H](CC(=O)O)NC(=O)CNC1=O. The average Bonchev–Trinajstić information content (AvgIpc) is 3.83. The molecule has 23 heteroatoms. The first-order valence-corrected chi connectivity index (χ1v) is 23.7. The van der Waals surface area contributed by atoms with Crippen molar-refractivity contribution in [2.75, 3.05) is 31.9 Å². The lowest BCUT2D eigenvalue weighted by atomic mass is 10.0. The number of urea groups is 1. The Balaban J connectivity index is 1.26. The summed E-state index contributed by atoms with van der Waals surface area (Å²) in [5.74, 6) is -4.88. The number of nitrogens with two attached hydrogens (primary N) is 2. The smallest absolute Gasteiger partial charge is 0.315 e. The molecule has 3 heterocycles. The number of hydrogen-bond acceptors (Lipinski definition) is 11. The lowest BCUT2D eigenvalue weighted by Crippen LogP contribution is -2.58. The van der Waals surface area contributed by atoms with Gasteiger partial charge in [-0.1, -0.05) is 43.2 Å². The van der Waals surface area contributed by atoms with Crippen molar-refractivity contribution >= 4 is 71.1 Å². The van der Waals surface area contributed by atoms with Gasteiger partial charge in [0.25, 0.3) is 0 Å². The number of carboxylic acids is 1. The van der Waals surface area contributed by atoms with E-state index < -0.39 is 72.6 Å². The molecule has 3 fully saturated rings. The molecule has 364 valence electrons. The third-order valence-electron chi connectivity index (χ3n) is 11.3. The van der Waals surface area contributed by atoms with Crippen LogP contribution in [-0.2, 0) is 44.8 Å². The van der Waals surface area contributed by atoms with Crippen molar-refractivity contribution in [3.63, 3.8) is 0 Å². The fraction of sp³-hybridized carbons (Fsp3) is 0.628. The molecule has 14 N–H and O–H groups in total. The van der Waals surface area contributed by atoms with Crippen molar-refractivity contribution in [3.05, 3.63) is 35.9 Å². The Morgan fingerprint density at radius 3 is 1.94 bits per heavy atom. The molecular formula is C43H66N12O10S. The van der Waals surface area contributed by atoms with Gasteiger partial charge in [0.05, 0.1) is 25.0 Å². The van der Waals surface area contributed by atoms with E-state index >= 15 is 0 Å². The molecule has 0 aliphatic carbocycles. The van der Waals surface area contributed by atoms with Gasteiger partial charge < -0.3 is 64.4 Å². The number of aliphatic imine (C=N–C) groups is 1. The van der Waals surface area contributed by atoms with E-state index in [1.54, 1.807) is 30.3 Å². The maximum atomic E-state index is 14.0. The highest BCUT2D eigenvalue weighted by Gasteiger charge is 2.42. The van der Waals surface area contributed by atoms with Crippen LogP contribution >= 0.6 is 11.8 Å². The molecule has 7 atom stereocenters. The van der Waals surface area contributed by atoms with Crippen LogP contribution < -0.4 is 59.3 Å². The molecular weight excluding hydrogens is 877 g/mol. The van der Waals surface area contributed by atoms with Gasteiger partial charge in [-0.3, -0.25) is 43.3 Å². The van der Waals surface area contributed by atoms with E-state index in [2.05, 4.69) is 52.8 Å². The van der Waals surface area contributed by atoms with Crippen molar-refractivity contribution in [1.82, 2.24) is 47.9 Å². The summed E-state index contributed by atoms with van der Waals surface area (Å²) in [6.07, 6.45) is 5.78. The molecule has 0 radical (unpaired) electrons. The number of carboxylic acid groups (broad SMARTS) is 1. The quantitative estimate of drug-likeness (QED) is 0.0244. The summed E-state index contributed by atoms with van der Waals surface area (Å²) >= 11 is 1.86. The molecule has 3 aliphatic rings. The minimum Gasteiger partial charge on any atom is -0.481 e. The molecule has 1 aromatic rings. The van der Waals surface area contributed by atoms with Crippen LogP contribution in [0.5, 0.6) is 0 Å². The van der Waals surface area contributed by atoms with Gasteiger partial charge in [0.15, 0.2) is 5.96 Å². The Labute approximate surface area is 388 Å². The monoisotopic (exact) mass is 942 g/mol. The van der Waals surface area contributed by atoms with Crippen LogP contribution in [-0.4, -0.2) is 138 Å². The Morgan fingerprint density at radius 1 is 0.667 bits per heavy atom. The number of rotatable bonds is 24. The van der Waals surface area contributed by atoms with Gasteiger partial charge in [-0.25, -0.2) is 4.79 Å². The Hall–Kier alpha value is -6.13. The largest absolute Gasteiger partial charge is 0.481 e. The van der Waals surface area contributed by atoms with Crippen molar-refractivity contribution in [2.24, 2.45) is 16.5 Å². The summed E-state index contributed by atoms with van der Waals surface area (Å²) in [4.78, 5) is 120. The molecule has 22 nitrogen and oxygen atoms in total. The number of guanidine groups is 1. The minimum atomic E-state index is -1.60. The number of carbonyl (C=O) groups excluding carboxylic acids is 8. The molecule has 3 aliphatic heterocycles. The number of thioether (sulfide) groups is 1. The normalized spacial score (nSPS) is 23.5. The summed E-state index contributed by atoms with van der Waals surface area (Å²) in [5, 5.41) is 34.3. The third-order valence-corrected chi connectivity index (χ3v) is 12.8. The van der Waals surface area contributed by atoms with Crippen LogP contribution in [0.1, 0.15) is 95.5 Å². The number of aliphatic carboxylic acids is 1. The van der Waals surface area contributed by atoms with Gasteiger partial charge in [-0.2, -0.15) is 11.8 Å². The maximum Gasteiger partial charge on any atom is 0.315 e. The predicted molar refractivity (Wildman–Crippen MR) is 245 cm³/mol. The van der Waals surface area contributed by atoms with Crippen LogP contribution in [0, 0.1) is 0 Å². The van der Waals surface area contributed by atoms with Gasteiger partial charge in [0, 0.05) is 49.9 Å². The van der Waals surface area contributed by atoms with E-state index in [0.29, 0.717) is 49.5 Å². The number of fused-ring (bicyclic) bond motifs is 1. The van der Waals surface area contributed by atoms with Crippen molar-refractivity contribution in [1.29, 1.82) is 0 Å². The number of nitrogens with zero attached hydrogens (tertiary/aromatic N) is 1. The number of benzene rings is 1. The van der Waals surface area contributed by atoms with E-state index in [1.807, 2.05) is 11.8 Å². The summed E-state index contributed by atoms with van der Waals surface area (Å²) in [5.41, 5.74) is 11.5. The first kappa shape index (κ1) is 52.5. The zero-order chi connectivity index (χ0) is 47.8. The molecule has 0 spiro atoms. The molecule has 0 unspecified atom stereocenters. The molecule has 0 aromatic heterocycles. The molecule has 3 saturated heterocycles. The Kier molecular flexibility index (Phi) is 22.3. The van der Waals surface area contributed by atoms with E-state index in [-0.39, 0.29) is 74.7 Å². The second-order valence-corrected chi connectivity index (χ2v) is 17.9. The van der Waals surface area contributed by atoms with Gasteiger partial charge in [0.2, 0.25) is 41.4 Å². The summed E-state index contributed by atoms with van der Waals surface area (Å²) in [6, 6.07) is 3.61. The topological polar surface area (TPSA) is 347 Å². The molecule has 1 aromatic carbocycles. The highest BCUT2D eigenvalue weighted by molar-refractivity contribution is 8.00. The molecule has 66 heavy (non-hydrogen) atoms. The van der Waals surface area contributed by atoms with Crippen LogP contribution in [0.3, 0.4) is 0 Å². The summed E-state index contributed by atoms with van der Waals surface area (Å²) in [7, 11) is 0. The number of nitrogens with one attached hydrogen (secondary N) is 9. The lowest BCUT2D eigenvalue weighted by molar-refractivity contribution is -0.141. The maximum absolute atomic E-state index is 14.0. The molecule has 4 rings (SSSR count). The zero-order valence-electron chi connectivity index (χ0n) is 37.2. The fourth-order valence-electron chi connectivity index (χ4n) is 7.80. The van der Waals surface area contributed by atoms with Crippen molar-refractivity contribution in [3.8, 4) is 0 Å². The predicted octanol–water partition coefficient (Wildman–Crippen LogP) is -1.48. The number of unbranched alkanes of at least 4 members (excludes halogenated alkanes) is 4. The standard InChI is InChI=1S/C43H66N12O10S/c44-42(45)48-21-11-15-27-38(61)49-24-35(58)50-30(23-36(59)60)41(64)53-29(22-26-12-3-1-4-13-26)40(63)52-28(39(62)51-27)14-8-10-20-47-33(56)17-5-2-9-19-46-34(57)18-7-6-16-32-37-31(25-66-32)54-43(65)55-37/h1,3-4,12-13,27-32,37H,2,5-11,14-25H2,(H,46,57)(H,47,56)(H,49,61)(H,50,58)(H,51,62)(H,52,63)(H,53,64)(H,59,60)(H4,44,45,48)(H2,54,55,65)/t27-,28-,29+,30-,31-,32-,37-/m0/s1. The van der Waals surface area contributed by atoms with Gasteiger partial charge in [-0.05, 0) is 63.4 Å². The first-order chi connectivity index (χ1) is 31.7. The average molecular weight is 943 g/mol. The van der Waals surface area contributed by atoms with Crippen LogP contribution in [0.25, 0.3) is 0 Å². The Morgan fingerprint density at radius 2 is 1.26 bits per heavy atom. The summed E-state index contributed by atoms with van der Waals surface area (Å²) < 4.78 is 0. The third kappa shape index (κ3) is 19.1. The minimum absolute atomic E-state index is 0.000202. The van der Waals surface area contributed by atoms with E-state index in [4.69, 9.17) is 11.5 Å². The number of hydrogen-bond donors (Lipinski definition) is 12. The highest BCUT2D eigenvalue weighted by Crippen LogP contribution is 2.33. The number of amides is 9. The lowest BCUT2D eigenvalue weighted by Gasteiger charge is -2.26. The highest BCUT2D eigenvalue weighted by atomic mass is 32.2. The zero-order valence-corrected chi connectivity index (χ0v) is 38.0. The summed E-state index contributed by atoms with van der Waals surface area (Å²) in [6.45, 7) is 0.294. The van der Waals surface area contributed by atoms with Gasteiger partial charge >= 0.3 is 12.0 Å². The van der Waals surface area contributed by atoms with Gasteiger partial charge in [0.1, 0.15) is 24.2 Å². The van der Waals surface area contributed by atoms with Gasteiger partial charge in [-0.15, -0.1) is 0 Å². The second kappa shape index (κ2) is 28.0. The molecule has 0 saturated carbocycles. The van der Waals surface area contributed by atoms with Crippen LogP contribution in [0.4, 0.5) is 4.79 Å². The van der Waals surface area contributed by atoms with Crippen LogP contribution in [0.15, 0.2) is 35.3 Å². The number of carbonyl (C=O) groups is 9. The molecule has 0 bridgehead atoms. The van der Waals surface area contributed by atoms with Crippen molar-refractivity contribution in [2.45, 2.75) is 138 Å². The van der Waals surface area contributed by atoms with E-state index in [1.165, 1.54) is 0 Å². The Bertz CT molecular complexity index is 1870. The van der Waals surface area contributed by atoms with Crippen molar-refractivity contribution < 1.29 is 48.3 Å². The van der Waals surface area contributed by atoms with Crippen LogP contribution in [0.2, 0.25) is 0 Å². The van der Waals surface area contributed by atoms with E-state index in [0.717, 1.165) is 37.9 Å². The first-order valence-electron chi connectivity index (χ1n) is 22.7.